The fraction of sp³-hybridized carbons (Fsp3) is 0.897. The zero-order valence-corrected chi connectivity index (χ0v) is 85.6. The van der Waals surface area contributed by atoms with Crippen LogP contribution in [0.3, 0.4) is 0 Å². The highest BCUT2D eigenvalue weighted by molar-refractivity contribution is 4.86. The summed E-state index contributed by atoms with van der Waals surface area (Å²) in [4.78, 5) is 17.2. The number of allylic oxidation sites excluding steroid dienone is 12. The fourth-order valence-corrected chi connectivity index (χ4v) is 19.0. The predicted octanol–water partition coefficient (Wildman–Crippen LogP) is 36.9. The third-order valence-electron chi connectivity index (χ3n) is 27.6. The van der Waals surface area contributed by atoms with Crippen LogP contribution in [-0.2, 0) is 0 Å². The lowest BCUT2D eigenvalue weighted by atomic mass is 10.1. The molecule has 2 aliphatic rings. The van der Waals surface area contributed by atoms with Crippen LogP contribution in [0.4, 0.5) is 0 Å². The molecule has 0 saturated carbocycles. The van der Waals surface area contributed by atoms with E-state index in [1.54, 1.807) is 0 Å². The standard InChI is InChI=1S/C60H117N3.C57H111N3/c1-4-7-10-13-16-19-22-25-28-31-34-37-40-43-46-49-52-61-55-57-62(53-50-47-44-41-38-35-32-29-26-23-20-17-14-11-8-5-2)59-60-63(58-56-61)54-51-48-45-42-39-36-33-30-27-24-21-18-15-12-9-6-3;1-4-7-10-13-16-19-22-24-26-28-30-32-35-38-41-44-50-59-54-46-52-58(49-43-40-37-34-21-18-15-12-9-6-3)53-47-55-60(57-48-56-59)51-45-42-39-36-33-31-29-27-25-23-20-17-14-11-8-5-2/h25-30H,4-24,31-60H2,1-3H3;6,9,24-27H,4-5,7-8,10-23,28-57H2,1-3H3/b28-25+,29-26+,30-27+;9-6+,26-24+,27-25+. The van der Waals surface area contributed by atoms with Gasteiger partial charge in [-0.1, -0.05) is 429 Å². The quantitative estimate of drug-likeness (QED) is 0.0443. The van der Waals surface area contributed by atoms with Crippen LogP contribution in [0.1, 0.15) is 562 Å². The number of hydrogen-bond donors (Lipinski definition) is 0. The largest absolute Gasteiger partial charge is 0.303 e. The first kappa shape index (κ1) is 119. The average molecular weight is 1720 g/mol. The summed E-state index contributed by atoms with van der Waals surface area (Å²) in [7, 11) is 0. The SMILES string of the molecule is C/C=C/CCCCCCCCCN1CCCN(CCCCCCCC/C=C/CCCCCCCC)CCCN(CCCCCCCC/C=C/CCCCCCCC)CCC1.CCCCCCCC/C=C/CCCCCCCCN1CCN(CCCCCCCC/C=C/CCCCCCCC)CCN(CCCCCCCC/C=C/CCCCCCCC)CC1. The van der Waals surface area contributed by atoms with Crippen LogP contribution in [0.25, 0.3) is 0 Å². The van der Waals surface area contributed by atoms with E-state index in [-0.39, 0.29) is 0 Å². The second-order valence-electron chi connectivity index (χ2n) is 39.6. The maximum Gasteiger partial charge on any atom is 0.0110 e. The smallest absolute Gasteiger partial charge is 0.0110 e. The molecule has 0 unspecified atom stereocenters. The first-order chi connectivity index (χ1) is 61.1. The number of rotatable bonds is 90. The zero-order valence-electron chi connectivity index (χ0n) is 85.6. The van der Waals surface area contributed by atoms with Crippen molar-refractivity contribution in [1.82, 2.24) is 29.4 Å². The lowest BCUT2D eigenvalue weighted by molar-refractivity contribution is 0.177. The third kappa shape index (κ3) is 94.7. The lowest BCUT2D eigenvalue weighted by Crippen LogP contribution is -2.37. The van der Waals surface area contributed by atoms with Crippen molar-refractivity contribution in [3.63, 3.8) is 0 Å². The number of unbranched alkanes of at least 4 members (excludes halogenated alkanes) is 67. The van der Waals surface area contributed by atoms with Crippen LogP contribution in [0, 0.1) is 0 Å². The van der Waals surface area contributed by atoms with Gasteiger partial charge in [0.15, 0.2) is 0 Å². The molecule has 726 valence electrons. The van der Waals surface area contributed by atoms with Crippen LogP contribution >= 0.6 is 0 Å². The Morgan fingerprint density at radius 2 is 0.244 bits per heavy atom. The predicted molar refractivity (Wildman–Crippen MR) is 562 cm³/mol. The molecule has 0 aromatic rings. The maximum atomic E-state index is 2.87. The van der Waals surface area contributed by atoms with Crippen LogP contribution in [0.2, 0.25) is 0 Å². The van der Waals surface area contributed by atoms with Gasteiger partial charge in [-0.15, -0.1) is 0 Å². The van der Waals surface area contributed by atoms with Gasteiger partial charge in [-0.2, -0.15) is 0 Å². The Bertz CT molecular complexity index is 1940. The van der Waals surface area contributed by atoms with Crippen molar-refractivity contribution in [1.29, 1.82) is 0 Å². The van der Waals surface area contributed by atoms with E-state index in [2.05, 4.69) is 144 Å². The van der Waals surface area contributed by atoms with Crippen LogP contribution in [0.15, 0.2) is 72.9 Å². The Morgan fingerprint density at radius 3 is 0.382 bits per heavy atom. The van der Waals surface area contributed by atoms with Crippen molar-refractivity contribution in [2.45, 2.75) is 562 Å². The van der Waals surface area contributed by atoms with Crippen molar-refractivity contribution >= 4 is 0 Å². The minimum Gasteiger partial charge on any atom is -0.303 e. The minimum absolute atomic E-state index is 1.27. The first-order valence-electron chi connectivity index (χ1n) is 57.3. The Hall–Kier alpha value is -1.80. The molecule has 6 nitrogen and oxygen atoms in total. The molecular weight excluding hydrogens is 1490 g/mol. The molecule has 2 heterocycles. The highest BCUT2D eigenvalue weighted by atomic mass is 15.3. The molecule has 6 heteroatoms. The van der Waals surface area contributed by atoms with Gasteiger partial charge < -0.3 is 29.4 Å². The van der Waals surface area contributed by atoms with Gasteiger partial charge in [-0.3, -0.25) is 0 Å². The Balaban J connectivity index is 0.00000123. The van der Waals surface area contributed by atoms with Crippen LogP contribution in [0.5, 0.6) is 0 Å². The first-order valence-corrected chi connectivity index (χ1v) is 57.3. The molecule has 2 fully saturated rings. The van der Waals surface area contributed by atoms with E-state index < -0.39 is 0 Å². The minimum atomic E-state index is 1.27. The van der Waals surface area contributed by atoms with E-state index >= 15 is 0 Å². The van der Waals surface area contributed by atoms with Crippen molar-refractivity contribution in [3.05, 3.63) is 72.9 Å². The molecule has 0 aliphatic carbocycles. The average Bonchev–Trinajstić information content (AvgIpc) is 1.90. The molecule has 0 aromatic carbocycles. The van der Waals surface area contributed by atoms with Gasteiger partial charge in [0.25, 0.3) is 0 Å². The van der Waals surface area contributed by atoms with Gasteiger partial charge in [-0.25, -0.2) is 0 Å². The van der Waals surface area contributed by atoms with Gasteiger partial charge in [-0.05, 0) is 285 Å². The van der Waals surface area contributed by atoms with Crippen molar-refractivity contribution in [2.24, 2.45) is 0 Å². The highest BCUT2D eigenvalue weighted by Gasteiger charge is 2.18. The summed E-state index contributed by atoms with van der Waals surface area (Å²) in [6.07, 6.45) is 142. The van der Waals surface area contributed by atoms with Crippen molar-refractivity contribution in [2.75, 3.05) is 118 Å². The van der Waals surface area contributed by atoms with Crippen molar-refractivity contribution in [3.8, 4) is 0 Å². The van der Waals surface area contributed by atoms with E-state index in [0.29, 0.717) is 0 Å². The third-order valence-corrected chi connectivity index (χ3v) is 27.6. The normalized spacial score (nSPS) is 15.5. The summed E-state index contributed by atoms with van der Waals surface area (Å²) in [5, 5.41) is 0. The van der Waals surface area contributed by atoms with E-state index in [9.17, 15) is 0 Å². The molecule has 123 heavy (non-hydrogen) atoms. The topological polar surface area (TPSA) is 19.4 Å². The lowest BCUT2D eigenvalue weighted by Gasteiger charge is -2.30. The van der Waals surface area contributed by atoms with E-state index in [4.69, 9.17) is 0 Å². The summed E-state index contributed by atoms with van der Waals surface area (Å²) in [6.45, 7) is 37.1. The number of nitrogens with zero attached hydrogens (tertiary/aromatic N) is 6. The van der Waals surface area contributed by atoms with Crippen molar-refractivity contribution < 1.29 is 0 Å². The molecule has 0 radical (unpaired) electrons. The molecule has 2 rings (SSSR count). The van der Waals surface area contributed by atoms with E-state index in [1.165, 1.54) is 638 Å². The van der Waals surface area contributed by atoms with Gasteiger partial charge in [0.05, 0.1) is 0 Å². The molecule has 0 bridgehead atoms. The Kier molecular flexibility index (Phi) is 102. The molecule has 0 N–H and O–H groups in total. The summed E-state index contributed by atoms with van der Waals surface area (Å²) < 4.78 is 0. The molecule has 0 spiro atoms. The molecule has 2 saturated heterocycles. The van der Waals surface area contributed by atoms with Gasteiger partial charge in [0.2, 0.25) is 0 Å². The molecular formula is C117H228N6. The molecule has 0 atom stereocenters. The molecule has 0 aromatic heterocycles. The van der Waals surface area contributed by atoms with E-state index in [1.807, 2.05) is 0 Å². The number of hydrogen-bond acceptors (Lipinski definition) is 6. The molecule has 0 amide bonds. The Labute approximate surface area is 776 Å². The zero-order chi connectivity index (χ0) is 88.0. The molecule has 2 aliphatic heterocycles. The van der Waals surface area contributed by atoms with Gasteiger partial charge in [0.1, 0.15) is 0 Å². The second-order valence-corrected chi connectivity index (χ2v) is 39.6. The van der Waals surface area contributed by atoms with Crippen LogP contribution in [-0.4, -0.2) is 147 Å². The summed E-state index contributed by atoms with van der Waals surface area (Å²) >= 11 is 0. The monoisotopic (exact) mass is 1720 g/mol. The Morgan fingerprint density at radius 1 is 0.130 bits per heavy atom. The second kappa shape index (κ2) is 106. The van der Waals surface area contributed by atoms with E-state index in [0.717, 1.165) is 0 Å². The summed E-state index contributed by atoms with van der Waals surface area (Å²) in [6, 6.07) is 0. The van der Waals surface area contributed by atoms with Gasteiger partial charge >= 0.3 is 0 Å². The van der Waals surface area contributed by atoms with Crippen LogP contribution < -0.4 is 0 Å². The van der Waals surface area contributed by atoms with Gasteiger partial charge in [0, 0.05) is 39.3 Å². The highest BCUT2D eigenvalue weighted by Crippen LogP contribution is 2.21. The summed E-state index contributed by atoms with van der Waals surface area (Å²) in [5.74, 6) is 0. The maximum absolute atomic E-state index is 2.87. The summed E-state index contributed by atoms with van der Waals surface area (Å²) in [5.41, 5.74) is 0. The fourth-order valence-electron chi connectivity index (χ4n) is 19.0.